The Morgan fingerprint density at radius 2 is 1.92 bits per heavy atom. The summed E-state index contributed by atoms with van der Waals surface area (Å²) in [6.45, 7) is 3.89. The molecule has 0 bridgehead atoms. The fourth-order valence-electron chi connectivity index (χ4n) is 2.73. The van der Waals surface area contributed by atoms with Crippen LogP contribution in [-0.2, 0) is 7.05 Å². The predicted octanol–water partition coefficient (Wildman–Crippen LogP) is 3.00. The summed E-state index contributed by atoms with van der Waals surface area (Å²) in [5, 5.41) is 13.5. The van der Waals surface area contributed by atoms with Crippen molar-refractivity contribution in [1.82, 2.24) is 29.7 Å². The average molecular weight is 366 g/mol. The molecular formula is C18H18N6OS. The highest BCUT2D eigenvalue weighted by molar-refractivity contribution is 7.12. The van der Waals surface area contributed by atoms with Crippen LogP contribution in [0.5, 0.6) is 0 Å². The van der Waals surface area contributed by atoms with E-state index in [1.54, 1.807) is 21.6 Å². The lowest BCUT2D eigenvalue weighted by Gasteiger charge is -2.05. The van der Waals surface area contributed by atoms with E-state index >= 15 is 0 Å². The number of nitrogens with zero attached hydrogens (tertiary/aromatic N) is 5. The van der Waals surface area contributed by atoms with Crippen LogP contribution in [0.4, 0.5) is 0 Å². The molecule has 0 fully saturated rings. The quantitative estimate of drug-likeness (QED) is 0.602. The lowest BCUT2D eigenvalue weighted by atomic mass is 10.1. The minimum Gasteiger partial charge on any atom is -0.349 e. The van der Waals surface area contributed by atoms with Crippen LogP contribution in [0.25, 0.3) is 27.9 Å². The molecule has 1 amide bonds. The lowest BCUT2D eigenvalue weighted by Crippen LogP contribution is -2.29. The summed E-state index contributed by atoms with van der Waals surface area (Å²) in [5.41, 5.74) is 4.54. The molecule has 0 radical (unpaired) electrons. The minimum atomic E-state index is -0.0560. The molecule has 0 saturated carbocycles. The molecule has 0 aliphatic rings. The zero-order chi connectivity index (χ0) is 18.3. The number of carbonyl (C=O) groups excluding carboxylic acids is 1. The van der Waals surface area contributed by atoms with Gasteiger partial charge in [-0.1, -0.05) is 0 Å². The first-order chi connectivity index (χ1) is 12.5. The third-order valence-electron chi connectivity index (χ3n) is 3.95. The van der Waals surface area contributed by atoms with Gasteiger partial charge in [-0.2, -0.15) is 10.2 Å². The van der Waals surface area contributed by atoms with Gasteiger partial charge in [0, 0.05) is 48.4 Å². The molecule has 1 N–H and O–H groups in total. The molecule has 0 unspecified atom stereocenters. The van der Waals surface area contributed by atoms with Gasteiger partial charge in [0.15, 0.2) is 5.65 Å². The number of thiophene rings is 1. The van der Waals surface area contributed by atoms with Crippen molar-refractivity contribution in [2.75, 3.05) is 0 Å². The van der Waals surface area contributed by atoms with E-state index in [1.807, 2.05) is 50.9 Å². The zero-order valence-corrected chi connectivity index (χ0v) is 15.5. The van der Waals surface area contributed by atoms with Gasteiger partial charge in [-0.3, -0.25) is 9.48 Å². The number of aromatic nitrogens is 5. The van der Waals surface area contributed by atoms with E-state index in [9.17, 15) is 4.79 Å². The second kappa shape index (κ2) is 6.38. The Morgan fingerprint density at radius 3 is 2.65 bits per heavy atom. The normalized spacial score (nSPS) is 11.4. The largest absolute Gasteiger partial charge is 0.349 e. The van der Waals surface area contributed by atoms with Gasteiger partial charge < -0.3 is 5.32 Å². The standard InChI is InChI=1S/C18H18N6OS/c1-11(2)22-18(25)16-4-12(10-26-16)15-7-21-24-9-13(5-19-17(15)24)14-6-20-23(3)8-14/h4-11H,1-3H3,(H,22,25). The molecule has 0 aliphatic heterocycles. The summed E-state index contributed by atoms with van der Waals surface area (Å²) in [4.78, 5) is 17.4. The number of hydrogen-bond acceptors (Lipinski definition) is 5. The molecule has 7 nitrogen and oxygen atoms in total. The van der Waals surface area contributed by atoms with Crippen LogP contribution in [0.15, 0.2) is 42.4 Å². The summed E-state index contributed by atoms with van der Waals surface area (Å²) >= 11 is 1.42. The molecule has 4 aromatic heterocycles. The van der Waals surface area contributed by atoms with E-state index in [-0.39, 0.29) is 11.9 Å². The molecular weight excluding hydrogens is 348 g/mol. The van der Waals surface area contributed by atoms with Crippen LogP contribution in [-0.4, -0.2) is 36.3 Å². The van der Waals surface area contributed by atoms with Crippen LogP contribution < -0.4 is 5.32 Å². The highest BCUT2D eigenvalue weighted by atomic mass is 32.1. The molecule has 26 heavy (non-hydrogen) atoms. The smallest absolute Gasteiger partial charge is 0.261 e. The van der Waals surface area contributed by atoms with Crippen molar-refractivity contribution < 1.29 is 4.79 Å². The summed E-state index contributed by atoms with van der Waals surface area (Å²) in [6, 6.07) is 1.99. The molecule has 4 rings (SSSR count). The zero-order valence-electron chi connectivity index (χ0n) is 14.7. The van der Waals surface area contributed by atoms with Crippen molar-refractivity contribution in [3.05, 3.63) is 47.3 Å². The number of carbonyl (C=O) groups is 1. The van der Waals surface area contributed by atoms with Crippen molar-refractivity contribution in [3.63, 3.8) is 0 Å². The molecule has 0 spiro atoms. The van der Waals surface area contributed by atoms with Gasteiger partial charge in [-0.15, -0.1) is 11.3 Å². The van der Waals surface area contributed by atoms with Gasteiger partial charge in [0.2, 0.25) is 0 Å². The maximum Gasteiger partial charge on any atom is 0.261 e. The number of rotatable bonds is 4. The van der Waals surface area contributed by atoms with Gasteiger partial charge in [0.1, 0.15) is 0 Å². The Kier molecular flexibility index (Phi) is 4.04. The van der Waals surface area contributed by atoms with Crippen LogP contribution >= 0.6 is 11.3 Å². The third-order valence-corrected chi connectivity index (χ3v) is 4.88. The first-order valence-electron chi connectivity index (χ1n) is 8.23. The lowest BCUT2D eigenvalue weighted by molar-refractivity contribution is 0.0947. The van der Waals surface area contributed by atoms with Crippen LogP contribution in [0, 0.1) is 0 Å². The van der Waals surface area contributed by atoms with Crippen LogP contribution in [0.2, 0.25) is 0 Å². The van der Waals surface area contributed by atoms with Crippen LogP contribution in [0.1, 0.15) is 23.5 Å². The van der Waals surface area contributed by atoms with Gasteiger partial charge in [-0.05, 0) is 30.9 Å². The molecule has 0 aromatic carbocycles. The molecule has 4 aromatic rings. The minimum absolute atomic E-state index is 0.0560. The predicted molar refractivity (Wildman–Crippen MR) is 101 cm³/mol. The highest BCUT2D eigenvalue weighted by Gasteiger charge is 2.15. The van der Waals surface area contributed by atoms with Crippen molar-refractivity contribution in [1.29, 1.82) is 0 Å². The number of nitrogens with one attached hydrogen (secondary N) is 1. The van der Waals surface area contributed by atoms with E-state index in [2.05, 4.69) is 20.5 Å². The number of fused-ring (bicyclic) bond motifs is 1. The molecule has 132 valence electrons. The van der Waals surface area contributed by atoms with Crippen molar-refractivity contribution in [2.24, 2.45) is 7.05 Å². The third kappa shape index (κ3) is 2.99. The monoisotopic (exact) mass is 366 g/mol. The van der Waals surface area contributed by atoms with Gasteiger partial charge in [-0.25, -0.2) is 9.50 Å². The maximum atomic E-state index is 12.2. The van der Waals surface area contributed by atoms with Crippen LogP contribution in [0.3, 0.4) is 0 Å². The van der Waals surface area contributed by atoms with E-state index < -0.39 is 0 Å². The summed E-state index contributed by atoms with van der Waals surface area (Å²) in [7, 11) is 1.88. The number of amides is 1. The Labute approximate surface area is 154 Å². The van der Waals surface area contributed by atoms with E-state index in [1.165, 1.54) is 11.3 Å². The topological polar surface area (TPSA) is 77.1 Å². The Hall–Kier alpha value is -3.00. The SMILES string of the molecule is CC(C)NC(=O)c1cc(-c2cnn3cc(-c4cnn(C)c4)cnc23)cs1. The molecule has 8 heteroatoms. The second-order valence-electron chi connectivity index (χ2n) is 6.40. The van der Waals surface area contributed by atoms with Crippen molar-refractivity contribution in [2.45, 2.75) is 19.9 Å². The van der Waals surface area contributed by atoms with Crippen molar-refractivity contribution >= 4 is 22.9 Å². The van der Waals surface area contributed by atoms with Gasteiger partial charge in [0.25, 0.3) is 5.91 Å². The summed E-state index contributed by atoms with van der Waals surface area (Å²) in [6.07, 6.45) is 9.26. The van der Waals surface area contributed by atoms with Gasteiger partial charge in [0.05, 0.1) is 17.3 Å². The Bertz CT molecular complexity index is 1090. The van der Waals surface area contributed by atoms with E-state index in [0.29, 0.717) is 4.88 Å². The number of aryl methyl sites for hydroxylation is 1. The highest BCUT2D eigenvalue weighted by Crippen LogP contribution is 2.29. The summed E-state index contributed by atoms with van der Waals surface area (Å²) < 4.78 is 3.51. The first-order valence-corrected chi connectivity index (χ1v) is 9.11. The Balaban J connectivity index is 1.68. The molecule has 4 heterocycles. The van der Waals surface area contributed by atoms with Crippen molar-refractivity contribution in [3.8, 4) is 22.3 Å². The number of hydrogen-bond donors (Lipinski definition) is 1. The van der Waals surface area contributed by atoms with E-state index in [4.69, 9.17) is 0 Å². The molecule has 0 aliphatic carbocycles. The second-order valence-corrected chi connectivity index (χ2v) is 7.31. The Morgan fingerprint density at radius 1 is 1.12 bits per heavy atom. The summed E-state index contributed by atoms with van der Waals surface area (Å²) in [5.74, 6) is -0.0560. The maximum absolute atomic E-state index is 12.2. The fourth-order valence-corrected chi connectivity index (χ4v) is 3.54. The molecule has 0 atom stereocenters. The fraction of sp³-hybridized carbons (Fsp3) is 0.222. The van der Waals surface area contributed by atoms with Gasteiger partial charge >= 0.3 is 0 Å². The molecule has 0 saturated heterocycles. The average Bonchev–Trinajstić information content (AvgIpc) is 3.32. The van der Waals surface area contributed by atoms with E-state index in [0.717, 1.165) is 27.9 Å². The first kappa shape index (κ1) is 16.5.